The van der Waals surface area contributed by atoms with Crippen LogP contribution in [0, 0.1) is 20.8 Å². The quantitative estimate of drug-likeness (QED) is 0.842. The molecule has 0 saturated heterocycles. The maximum Gasteiger partial charge on any atom is 0.130 e. The molecule has 0 aliphatic carbocycles. The summed E-state index contributed by atoms with van der Waals surface area (Å²) in [5.41, 5.74) is 4.97. The molecule has 0 saturated carbocycles. The summed E-state index contributed by atoms with van der Waals surface area (Å²) < 4.78 is 6.03. The molecule has 2 nitrogen and oxygen atoms in total. The summed E-state index contributed by atoms with van der Waals surface area (Å²) in [6.07, 6.45) is 0. The van der Waals surface area contributed by atoms with Gasteiger partial charge in [-0.15, -0.1) is 0 Å². The third kappa shape index (κ3) is 4.33. The van der Waals surface area contributed by atoms with E-state index >= 15 is 0 Å². The molecule has 0 radical (unpaired) electrons. The molecule has 0 bridgehead atoms. The van der Waals surface area contributed by atoms with E-state index in [0.29, 0.717) is 6.04 Å². The summed E-state index contributed by atoms with van der Waals surface area (Å²) >= 11 is 0. The zero-order chi connectivity index (χ0) is 15.4. The van der Waals surface area contributed by atoms with Crippen molar-refractivity contribution >= 4 is 0 Å². The van der Waals surface area contributed by atoms with Gasteiger partial charge in [0.25, 0.3) is 0 Å². The first-order valence-corrected chi connectivity index (χ1v) is 7.53. The predicted molar refractivity (Wildman–Crippen MR) is 89.1 cm³/mol. The Morgan fingerprint density at radius 3 is 2.29 bits per heavy atom. The summed E-state index contributed by atoms with van der Waals surface area (Å²) in [4.78, 5) is 0. The van der Waals surface area contributed by atoms with Crippen molar-refractivity contribution in [3.63, 3.8) is 0 Å². The van der Waals surface area contributed by atoms with Gasteiger partial charge in [-0.1, -0.05) is 32.0 Å². The Morgan fingerprint density at radius 1 is 1.00 bits per heavy atom. The Morgan fingerprint density at radius 2 is 1.67 bits per heavy atom. The van der Waals surface area contributed by atoms with E-state index in [2.05, 4.69) is 64.2 Å². The van der Waals surface area contributed by atoms with Gasteiger partial charge in [0, 0.05) is 12.6 Å². The lowest BCUT2D eigenvalue weighted by molar-refractivity contribution is 0.477. The van der Waals surface area contributed by atoms with Gasteiger partial charge in [0.1, 0.15) is 11.5 Å². The van der Waals surface area contributed by atoms with E-state index in [1.54, 1.807) is 0 Å². The van der Waals surface area contributed by atoms with Gasteiger partial charge >= 0.3 is 0 Å². The monoisotopic (exact) mass is 283 g/mol. The molecule has 1 N–H and O–H groups in total. The molecule has 2 aromatic carbocycles. The largest absolute Gasteiger partial charge is 0.457 e. The first-order chi connectivity index (χ1) is 9.95. The van der Waals surface area contributed by atoms with Crippen LogP contribution in [0.3, 0.4) is 0 Å². The third-order valence-corrected chi connectivity index (χ3v) is 3.63. The highest BCUT2D eigenvalue weighted by Gasteiger charge is 2.05. The van der Waals surface area contributed by atoms with E-state index in [-0.39, 0.29) is 0 Å². The van der Waals surface area contributed by atoms with E-state index in [1.165, 1.54) is 22.3 Å². The number of aryl methyl sites for hydroxylation is 2. The lowest BCUT2D eigenvalue weighted by atomic mass is 10.1. The van der Waals surface area contributed by atoms with Crippen LogP contribution in [0.5, 0.6) is 11.5 Å². The zero-order valence-electron chi connectivity index (χ0n) is 13.7. The molecular weight excluding hydrogens is 258 g/mol. The summed E-state index contributed by atoms with van der Waals surface area (Å²) in [5.74, 6) is 1.83. The number of benzene rings is 2. The van der Waals surface area contributed by atoms with Gasteiger partial charge in [0.15, 0.2) is 0 Å². The minimum atomic E-state index is 0.499. The van der Waals surface area contributed by atoms with Crippen molar-refractivity contribution in [3.05, 3.63) is 58.7 Å². The second kappa shape index (κ2) is 6.77. The maximum atomic E-state index is 6.03. The number of hydrogen-bond acceptors (Lipinski definition) is 2. The van der Waals surface area contributed by atoms with Gasteiger partial charge < -0.3 is 10.1 Å². The van der Waals surface area contributed by atoms with Crippen LogP contribution < -0.4 is 10.1 Å². The number of hydrogen-bond donors (Lipinski definition) is 1. The van der Waals surface area contributed by atoms with E-state index in [0.717, 1.165) is 18.0 Å². The van der Waals surface area contributed by atoms with Crippen molar-refractivity contribution in [2.45, 2.75) is 47.2 Å². The average Bonchev–Trinajstić information content (AvgIpc) is 2.43. The molecular formula is C19H25NO. The zero-order valence-corrected chi connectivity index (χ0v) is 13.7. The predicted octanol–water partition coefficient (Wildman–Crippen LogP) is 4.90. The minimum absolute atomic E-state index is 0.499. The molecule has 0 heterocycles. The molecule has 0 aliphatic rings. The SMILES string of the molecule is Cc1cc(C)c(C)c(Oc2ccc(CNC(C)C)cc2)c1. The van der Waals surface area contributed by atoms with Crippen molar-refractivity contribution in [1.82, 2.24) is 5.32 Å². The second-order valence-corrected chi connectivity index (χ2v) is 5.99. The molecule has 112 valence electrons. The fourth-order valence-electron chi connectivity index (χ4n) is 2.23. The average molecular weight is 283 g/mol. The van der Waals surface area contributed by atoms with Gasteiger partial charge in [-0.3, -0.25) is 0 Å². The first kappa shape index (κ1) is 15.6. The van der Waals surface area contributed by atoms with Crippen molar-refractivity contribution in [3.8, 4) is 11.5 Å². The van der Waals surface area contributed by atoms with Gasteiger partial charge in [0.2, 0.25) is 0 Å². The summed E-state index contributed by atoms with van der Waals surface area (Å²) in [7, 11) is 0. The molecule has 0 aliphatic heterocycles. The van der Waals surface area contributed by atoms with E-state index in [1.807, 2.05) is 12.1 Å². The molecule has 21 heavy (non-hydrogen) atoms. The Labute approximate surface area is 128 Å². The van der Waals surface area contributed by atoms with Crippen molar-refractivity contribution < 1.29 is 4.74 Å². The lowest BCUT2D eigenvalue weighted by Gasteiger charge is -2.13. The van der Waals surface area contributed by atoms with Crippen LogP contribution in [-0.2, 0) is 6.54 Å². The third-order valence-electron chi connectivity index (χ3n) is 3.63. The molecule has 0 aromatic heterocycles. The van der Waals surface area contributed by atoms with E-state index < -0.39 is 0 Å². The van der Waals surface area contributed by atoms with Gasteiger partial charge in [-0.2, -0.15) is 0 Å². The number of ether oxygens (including phenoxy) is 1. The van der Waals surface area contributed by atoms with Crippen molar-refractivity contribution in [1.29, 1.82) is 0 Å². The summed E-state index contributed by atoms with van der Waals surface area (Å²) in [6, 6.07) is 13.1. The fourth-order valence-corrected chi connectivity index (χ4v) is 2.23. The molecule has 2 heteroatoms. The normalized spacial score (nSPS) is 11.0. The lowest BCUT2D eigenvalue weighted by Crippen LogP contribution is -2.21. The molecule has 2 rings (SSSR count). The topological polar surface area (TPSA) is 21.3 Å². The van der Waals surface area contributed by atoms with Gasteiger partial charge in [0.05, 0.1) is 0 Å². The van der Waals surface area contributed by atoms with Crippen molar-refractivity contribution in [2.75, 3.05) is 0 Å². The Balaban J connectivity index is 2.10. The molecule has 0 unspecified atom stereocenters. The summed E-state index contributed by atoms with van der Waals surface area (Å²) in [6.45, 7) is 11.5. The smallest absolute Gasteiger partial charge is 0.130 e. The maximum absolute atomic E-state index is 6.03. The highest BCUT2D eigenvalue weighted by atomic mass is 16.5. The number of nitrogens with one attached hydrogen (secondary N) is 1. The second-order valence-electron chi connectivity index (χ2n) is 5.99. The molecule has 0 fully saturated rings. The molecule has 0 amide bonds. The van der Waals surface area contributed by atoms with E-state index in [9.17, 15) is 0 Å². The Kier molecular flexibility index (Phi) is 5.03. The van der Waals surface area contributed by atoms with E-state index in [4.69, 9.17) is 4.74 Å². The first-order valence-electron chi connectivity index (χ1n) is 7.53. The Hall–Kier alpha value is -1.80. The number of rotatable bonds is 5. The van der Waals surface area contributed by atoms with Crippen LogP contribution in [0.2, 0.25) is 0 Å². The van der Waals surface area contributed by atoms with Crippen LogP contribution in [0.4, 0.5) is 0 Å². The standard InChI is InChI=1S/C19H25NO/c1-13(2)20-12-17-6-8-18(9-7-17)21-19-11-14(3)10-15(4)16(19)5/h6-11,13,20H,12H2,1-5H3. The van der Waals surface area contributed by atoms with Crippen LogP contribution in [0.15, 0.2) is 36.4 Å². The molecule has 0 spiro atoms. The summed E-state index contributed by atoms with van der Waals surface area (Å²) in [5, 5.41) is 3.41. The van der Waals surface area contributed by atoms with Crippen LogP contribution >= 0.6 is 0 Å². The van der Waals surface area contributed by atoms with Gasteiger partial charge in [-0.05, 0) is 61.2 Å². The Bertz CT molecular complexity index is 600. The van der Waals surface area contributed by atoms with Crippen LogP contribution in [-0.4, -0.2) is 6.04 Å². The highest BCUT2D eigenvalue weighted by molar-refractivity contribution is 5.44. The van der Waals surface area contributed by atoms with Crippen molar-refractivity contribution in [2.24, 2.45) is 0 Å². The molecule has 0 atom stereocenters. The molecule has 2 aromatic rings. The van der Waals surface area contributed by atoms with Crippen LogP contribution in [0.25, 0.3) is 0 Å². The fraction of sp³-hybridized carbons (Fsp3) is 0.368. The highest BCUT2D eigenvalue weighted by Crippen LogP contribution is 2.28. The van der Waals surface area contributed by atoms with Gasteiger partial charge in [-0.25, -0.2) is 0 Å². The van der Waals surface area contributed by atoms with Crippen LogP contribution in [0.1, 0.15) is 36.1 Å². The minimum Gasteiger partial charge on any atom is -0.457 e.